The van der Waals surface area contributed by atoms with E-state index in [4.69, 9.17) is 4.42 Å². The lowest BCUT2D eigenvalue weighted by Gasteiger charge is -2.12. The summed E-state index contributed by atoms with van der Waals surface area (Å²) in [6, 6.07) is 17.0. The maximum atomic E-state index is 13.1. The van der Waals surface area contributed by atoms with Crippen LogP contribution in [0.1, 0.15) is 5.76 Å². The second kappa shape index (κ2) is 8.76. The lowest BCUT2D eigenvalue weighted by Crippen LogP contribution is -2.19. The molecule has 4 rings (SSSR count). The molecule has 2 heterocycles. The molecule has 0 bridgehead atoms. The Hall–Kier alpha value is -4.41. The molecule has 1 N–H and O–H groups in total. The van der Waals surface area contributed by atoms with Gasteiger partial charge in [-0.2, -0.15) is 4.68 Å². The van der Waals surface area contributed by atoms with Gasteiger partial charge < -0.3 is 14.5 Å². The highest BCUT2D eigenvalue weighted by Crippen LogP contribution is 2.25. The average molecular weight is 441 g/mol. The fraction of sp³-hybridized carbons (Fsp3) is 0.0476. The van der Waals surface area contributed by atoms with Crippen LogP contribution in [0.3, 0.4) is 0 Å². The zero-order valence-electron chi connectivity index (χ0n) is 16.2. The van der Waals surface area contributed by atoms with E-state index in [0.29, 0.717) is 17.1 Å². The lowest BCUT2D eigenvalue weighted by atomic mass is 10.2. The highest BCUT2D eigenvalue weighted by molar-refractivity contribution is 6.24. The SMILES string of the molecule is O=C(Nc1ccc(OC(F)(F)F)cc1)/C(=C/c1ccco1)n1nnnc1-c1ccccc1. The Kier molecular flexibility index (Phi) is 5.71. The molecule has 8 nitrogen and oxygen atoms in total. The molecule has 0 aliphatic heterocycles. The molecule has 0 spiro atoms. The summed E-state index contributed by atoms with van der Waals surface area (Å²) < 4.78 is 47.4. The number of carbonyl (C=O) groups is 1. The number of halogens is 3. The van der Waals surface area contributed by atoms with E-state index in [-0.39, 0.29) is 11.4 Å². The van der Waals surface area contributed by atoms with Crippen molar-refractivity contribution in [3.63, 3.8) is 0 Å². The summed E-state index contributed by atoms with van der Waals surface area (Å²) in [7, 11) is 0. The summed E-state index contributed by atoms with van der Waals surface area (Å²) in [5.41, 5.74) is 0.938. The Balaban J connectivity index is 1.64. The molecule has 2 aromatic carbocycles. The van der Waals surface area contributed by atoms with Gasteiger partial charge in [-0.3, -0.25) is 4.79 Å². The summed E-state index contributed by atoms with van der Waals surface area (Å²) in [6.07, 6.45) is -1.92. The first kappa shape index (κ1) is 20.8. The van der Waals surface area contributed by atoms with Gasteiger partial charge >= 0.3 is 6.36 Å². The zero-order chi connectivity index (χ0) is 22.6. The summed E-state index contributed by atoms with van der Waals surface area (Å²) in [5.74, 6) is -0.338. The number of hydrogen-bond acceptors (Lipinski definition) is 6. The summed E-state index contributed by atoms with van der Waals surface area (Å²) in [4.78, 5) is 13.1. The van der Waals surface area contributed by atoms with E-state index < -0.39 is 18.0 Å². The number of benzene rings is 2. The minimum Gasteiger partial charge on any atom is -0.465 e. The highest BCUT2D eigenvalue weighted by atomic mass is 19.4. The van der Waals surface area contributed by atoms with Crippen LogP contribution < -0.4 is 10.1 Å². The van der Waals surface area contributed by atoms with Gasteiger partial charge in [0, 0.05) is 17.3 Å². The largest absolute Gasteiger partial charge is 0.573 e. The van der Waals surface area contributed by atoms with Crippen molar-refractivity contribution < 1.29 is 27.1 Å². The minimum atomic E-state index is -4.81. The second-order valence-electron chi connectivity index (χ2n) is 6.35. The van der Waals surface area contributed by atoms with Gasteiger partial charge in [-0.1, -0.05) is 30.3 Å². The van der Waals surface area contributed by atoms with Crippen molar-refractivity contribution in [2.45, 2.75) is 6.36 Å². The van der Waals surface area contributed by atoms with Gasteiger partial charge in [-0.05, 0) is 46.8 Å². The number of furan rings is 1. The first-order valence-corrected chi connectivity index (χ1v) is 9.15. The maximum Gasteiger partial charge on any atom is 0.573 e. The fourth-order valence-corrected chi connectivity index (χ4v) is 2.78. The molecule has 0 saturated heterocycles. The highest BCUT2D eigenvalue weighted by Gasteiger charge is 2.31. The molecule has 0 saturated carbocycles. The van der Waals surface area contributed by atoms with E-state index >= 15 is 0 Å². The summed E-state index contributed by atoms with van der Waals surface area (Å²) in [6.45, 7) is 0. The second-order valence-corrected chi connectivity index (χ2v) is 6.35. The fourth-order valence-electron chi connectivity index (χ4n) is 2.78. The van der Waals surface area contributed by atoms with Crippen molar-refractivity contribution in [1.29, 1.82) is 0 Å². The van der Waals surface area contributed by atoms with Gasteiger partial charge in [0.25, 0.3) is 5.91 Å². The molecule has 0 atom stereocenters. The average Bonchev–Trinajstić information content (AvgIpc) is 3.45. The third-order valence-corrected chi connectivity index (χ3v) is 4.13. The number of amides is 1. The van der Waals surface area contributed by atoms with Crippen LogP contribution in [0, 0.1) is 0 Å². The van der Waals surface area contributed by atoms with Gasteiger partial charge in [-0.15, -0.1) is 18.3 Å². The lowest BCUT2D eigenvalue weighted by molar-refractivity contribution is -0.274. The number of aromatic nitrogens is 4. The van der Waals surface area contributed by atoms with Crippen molar-refractivity contribution in [2.75, 3.05) is 5.32 Å². The summed E-state index contributed by atoms with van der Waals surface area (Å²) in [5, 5.41) is 14.2. The number of ether oxygens (including phenoxy) is 1. The topological polar surface area (TPSA) is 95.1 Å². The number of anilines is 1. The van der Waals surface area contributed by atoms with Gasteiger partial charge in [0.15, 0.2) is 5.82 Å². The Labute approximate surface area is 178 Å². The van der Waals surface area contributed by atoms with Crippen molar-refractivity contribution in [3.8, 4) is 17.1 Å². The monoisotopic (exact) mass is 441 g/mol. The van der Waals surface area contributed by atoms with Crippen LogP contribution in [0.4, 0.5) is 18.9 Å². The van der Waals surface area contributed by atoms with Crippen LogP contribution in [0.15, 0.2) is 77.4 Å². The van der Waals surface area contributed by atoms with Gasteiger partial charge in [0.05, 0.1) is 6.26 Å². The molecule has 4 aromatic rings. The van der Waals surface area contributed by atoms with Crippen LogP contribution in [0.5, 0.6) is 5.75 Å². The first-order valence-electron chi connectivity index (χ1n) is 9.15. The molecule has 162 valence electrons. The van der Waals surface area contributed by atoms with Gasteiger partial charge in [0.2, 0.25) is 0 Å². The molecule has 0 radical (unpaired) electrons. The number of nitrogens with one attached hydrogen (secondary N) is 1. The van der Waals surface area contributed by atoms with Crippen LogP contribution in [-0.4, -0.2) is 32.5 Å². The Morgan fingerprint density at radius 3 is 2.44 bits per heavy atom. The molecule has 0 unspecified atom stereocenters. The van der Waals surface area contributed by atoms with E-state index in [0.717, 1.165) is 12.1 Å². The first-order chi connectivity index (χ1) is 15.4. The van der Waals surface area contributed by atoms with Crippen LogP contribution in [0.25, 0.3) is 23.2 Å². The molecule has 1 amide bonds. The Morgan fingerprint density at radius 2 is 1.78 bits per heavy atom. The third-order valence-electron chi connectivity index (χ3n) is 4.13. The number of hydrogen-bond donors (Lipinski definition) is 1. The normalized spacial score (nSPS) is 11.9. The molecule has 0 aliphatic rings. The number of rotatable bonds is 6. The van der Waals surface area contributed by atoms with E-state index in [9.17, 15) is 18.0 Å². The number of nitrogens with zero attached hydrogens (tertiary/aromatic N) is 4. The Morgan fingerprint density at radius 1 is 1.03 bits per heavy atom. The summed E-state index contributed by atoms with van der Waals surface area (Å²) >= 11 is 0. The quantitative estimate of drug-likeness (QED) is 0.444. The molecule has 11 heteroatoms. The van der Waals surface area contributed by atoms with Crippen LogP contribution >= 0.6 is 0 Å². The smallest absolute Gasteiger partial charge is 0.465 e. The molecule has 32 heavy (non-hydrogen) atoms. The Bertz CT molecular complexity index is 1220. The van der Waals surface area contributed by atoms with E-state index in [2.05, 4.69) is 25.6 Å². The van der Waals surface area contributed by atoms with Crippen molar-refractivity contribution in [2.24, 2.45) is 0 Å². The van der Waals surface area contributed by atoms with Crippen LogP contribution in [0.2, 0.25) is 0 Å². The van der Waals surface area contributed by atoms with Gasteiger partial charge in [0.1, 0.15) is 17.2 Å². The standard InChI is InChI=1S/C21H14F3N5O3/c22-21(23,24)32-16-10-8-15(9-11-16)25-20(30)18(13-17-7-4-12-31-17)29-19(26-27-28-29)14-5-2-1-3-6-14/h1-13H,(H,25,30)/b18-13-. The number of alkyl halides is 3. The van der Waals surface area contributed by atoms with Crippen molar-refractivity contribution >= 4 is 23.4 Å². The van der Waals surface area contributed by atoms with Crippen molar-refractivity contribution in [3.05, 3.63) is 78.8 Å². The van der Waals surface area contributed by atoms with E-state index in [1.54, 1.807) is 36.4 Å². The molecule has 0 aliphatic carbocycles. The van der Waals surface area contributed by atoms with E-state index in [1.807, 2.05) is 6.07 Å². The molecular weight excluding hydrogens is 427 g/mol. The molecular formula is C21H14F3N5O3. The number of tetrazole rings is 1. The van der Waals surface area contributed by atoms with E-state index in [1.165, 1.54) is 29.2 Å². The zero-order valence-corrected chi connectivity index (χ0v) is 16.2. The predicted octanol–water partition coefficient (Wildman–Crippen LogP) is 4.47. The van der Waals surface area contributed by atoms with Crippen LogP contribution in [-0.2, 0) is 4.79 Å². The minimum absolute atomic E-state index is 0.0272. The third kappa shape index (κ3) is 5.01. The molecule has 0 fully saturated rings. The predicted molar refractivity (Wildman–Crippen MR) is 108 cm³/mol. The number of carbonyl (C=O) groups excluding carboxylic acids is 1. The maximum absolute atomic E-state index is 13.1. The van der Waals surface area contributed by atoms with Gasteiger partial charge in [-0.25, -0.2) is 0 Å². The van der Waals surface area contributed by atoms with Crippen molar-refractivity contribution in [1.82, 2.24) is 20.2 Å². The molecule has 2 aromatic heterocycles.